The lowest BCUT2D eigenvalue weighted by Gasteiger charge is -2.26. The molecule has 1 fully saturated rings. The number of fused-ring (bicyclic) bond motifs is 1. The van der Waals surface area contributed by atoms with Crippen molar-refractivity contribution < 1.29 is 13.9 Å². The first-order valence-electron chi connectivity index (χ1n) is 11.3. The minimum absolute atomic E-state index is 0.234. The molecule has 2 aliphatic heterocycles. The summed E-state index contributed by atoms with van der Waals surface area (Å²) in [5.41, 5.74) is 6.87. The van der Waals surface area contributed by atoms with Gasteiger partial charge in [0.2, 0.25) is 5.88 Å². The summed E-state index contributed by atoms with van der Waals surface area (Å²) in [7, 11) is 0. The smallest absolute Gasteiger partial charge is 0.388 e. The lowest BCUT2D eigenvalue weighted by molar-refractivity contribution is 0.127. The quantitative estimate of drug-likeness (QED) is 0.410. The lowest BCUT2D eigenvalue weighted by atomic mass is 10.1. The Morgan fingerprint density at radius 3 is 2.60 bits per heavy atom. The number of hydrogen-bond donors (Lipinski definition) is 1. The number of rotatable bonds is 4. The number of piperidine rings is 1. The Labute approximate surface area is 217 Å². The normalized spacial score (nSPS) is 17.3. The van der Waals surface area contributed by atoms with Gasteiger partial charge in [0.05, 0.1) is 22.0 Å². The summed E-state index contributed by atoms with van der Waals surface area (Å²) in [6.45, 7) is 1.59. The molecule has 0 aliphatic carbocycles. The number of halogens is 3. The maximum absolute atomic E-state index is 13.4. The van der Waals surface area contributed by atoms with Crippen molar-refractivity contribution in [1.29, 1.82) is 0 Å². The molecule has 10 heteroatoms. The molecule has 182 valence electrons. The number of nitrogens with zero attached hydrogens (tertiary/aromatic N) is 3. The van der Waals surface area contributed by atoms with E-state index in [1.807, 2.05) is 11.1 Å². The molecule has 1 saturated heterocycles. The molecule has 0 atom stereocenters. The van der Waals surface area contributed by atoms with Crippen LogP contribution >= 0.6 is 35.0 Å². The average molecular weight is 533 g/mol. The van der Waals surface area contributed by atoms with Crippen molar-refractivity contribution >= 4 is 52.7 Å². The third kappa shape index (κ3) is 5.51. The van der Waals surface area contributed by atoms with Gasteiger partial charge in [-0.15, -0.1) is 5.10 Å². The van der Waals surface area contributed by atoms with Crippen molar-refractivity contribution in [2.24, 2.45) is 0 Å². The molecule has 0 spiro atoms. The van der Waals surface area contributed by atoms with Crippen LogP contribution in [0.3, 0.4) is 0 Å². The molecular formula is C25H23Cl2FN4O2S. The van der Waals surface area contributed by atoms with Crippen molar-refractivity contribution in [2.75, 3.05) is 18.8 Å². The molecule has 2 aliphatic rings. The van der Waals surface area contributed by atoms with E-state index in [-0.39, 0.29) is 11.7 Å². The first-order valence-corrected chi connectivity index (χ1v) is 13.2. The number of carbonyl (C=O) groups excluding carboxylic acids is 1. The number of thioether (sulfide) groups is 1. The SMILES string of the molecule is O=C(NN1CCCCC1)Oc1nn(-c2ccc(Cl)cc2Cl)c2c1CSC/C2=C\c1ccc(F)cc1. The molecule has 0 unspecified atom stereocenters. The van der Waals surface area contributed by atoms with Crippen molar-refractivity contribution in [1.82, 2.24) is 20.2 Å². The summed E-state index contributed by atoms with van der Waals surface area (Å²) >= 11 is 14.3. The highest BCUT2D eigenvalue weighted by Crippen LogP contribution is 2.41. The first-order chi connectivity index (χ1) is 17.0. The van der Waals surface area contributed by atoms with Crippen molar-refractivity contribution in [2.45, 2.75) is 25.0 Å². The van der Waals surface area contributed by atoms with Crippen LogP contribution in [0.15, 0.2) is 42.5 Å². The monoisotopic (exact) mass is 532 g/mol. The Balaban J connectivity index is 1.54. The summed E-state index contributed by atoms with van der Waals surface area (Å²) in [5, 5.41) is 7.47. The molecule has 5 rings (SSSR count). The van der Waals surface area contributed by atoms with Gasteiger partial charge >= 0.3 is 6.09 Å². The van der Waals surface area contributed by atoms with E-state index < -0.39 is 6.09 Å². The Hall–Kier alpha value is -2.52. The molecule has 3 heterocycles. The van der Waals surface area contributed by atoms with Crippen LogP contribution in [-0.4, -0.2) is 39.7 Å². The minimum Gasteiger partial charge on any atom is -0.388 e. The van der Waals surface area contributed by atoms with Gasteiger partial charge in [-0.25, -0.2) is 18.9 Å². The van der Waals surface area contributed by atoms with E-state index in [1.54, 1.807) is 46.8 Å². The van der Waals surface area contributed by atoms with E-state index in [9.17, 15) is 9.18 Å². The molecule has 0 saturated carbocycles. The average Bonchev–Trinajstić information content (AvgIpc) is 3.20. The van der Waals surface area contributed by atoms with Gasteiger partial charge in [0, 0.05) is 29.6 Å². The first kappa shape index (κ1) is 24.2. The molecule has 6 nitrogen and oxygen atoms in total. The molecule has 1 N–H and O–H groups in total. The van der Waals surface area contributed by atoms with Gasteiger partial charge in [-0.05, 0) is 60.4 Å². The topological polar surface area (TPSA) is 59.4 Å². The highest BCUT2D eigenvalue weighted by Gasteiger charge is 2.29. The van der Waals surface area contributed by atoms with Gasteiger partial charge in [0.15, 0.2) is 0 Å². The van der Waals surface area contributed by atoms with Gasteiger partial charge in [0.25, 0.3) is 0 Å². The third-order valence-electron chi connectivity index (χ3n) is 5.90. The van der Waals surface area contributed by atoms with Gasteiger partial charge in [-0.1, -0.05) is 41.8 Å². The van der Waals surface area contributed by atoms with Crippen LogP contribution in [0.4, 0.5) is 9.18 Å². The maximum atomic E-state index is 13.4. The second-order valence-electron chi connectivity index (χ2n) is 8.40. The predicted molar refractivity (Wildman–Crippen MR) is 139 cm³/mol. The van der Waals surface area contributed by atoms with Crippen LogP contribution in [0.25, 0.3) is 17.3 Å². The van der Waals surface area contributed by atoms with Crippen molar-refractivity contribution in [3.8, 4) is 11.6 Å². The highest BCUT2D eigenvalue weighted by atomic mass is 35.5. The van der Waals surface area contributed by atoms with E-state index in [0.717, 1.165) is 54.7 Å². The molecule has 0 bridgehead atoms. The Bertz CT molecular complexity index is 1270. The Morgan fingerprint density at radius 1 is 1.09 bits per heavy atom. The summed E-state index contributed by atoms with van der Waals surface area (Å²) < 4.78 is 20.9. The molecule has 0 radical (unpaired) electrons. The molecular weight excluding hydrogens is 510 g/mol. The summed E-state index contributed by atoms with van der Waals surface area (Å²) in [5.74, 6) is 1.27. The van der Waals surface area contributed by atoms with E-state index in [1.165, 1.54) is 12.1 Å². The summed E-state index contributed by atoms with van der Waals surface area (Å²) in [6.07, 6.45) is 4.65. The van der Waals surface area contributed by atoms with Crippen LogP contribution in [-0.2, 0) is 5.75 Å². The number of ether oxygens (including phenoxy) is 1. The second-order valence-corrected chi connectivity index (χ2v) is 10.2. The van der Waals surface area contributed by atoms with E-state index in [0.29, 0.717) is 27.2 Å². The molecule has 1 aromatic heterocycles. The fraction of sp³-hybridized carbons (Fsp3) is 0.280. The van der Waals surface area contributed by atoms with Gasteiger partial charge in [-0.3, -0.25) is 5.43 Å². The molecule has 2 aromatic carbocycles. The predicted octanol–water partition coefficient (Wildman–Crippen LogP) is 6.59. The Kier molecular flexibility index (Phi) is 7.34. The minimum atomic E-state index is -0.568. The van der Waals surface area contributed by atoms with Crippen LogP contribution in [0.2, 0.25) is 10.0 Å². The van der Waals surface area contributed by atoms with Gasteiger partial charge < -0.3 is 4.74 Å². The third-order valence-corrected chi connectivity index (χ3v) is 7.44. The largest absolute Gasteiger partial charge is 0.428 e. The van der Waals surface area contributed by atoms with Crippen LogP contribution in [0.5, 0.6) is 5.88 Å². The molecule has 35 heavy (non-hydrogen) atoms. The number of nitrogens with one attached hydrogen (secondary N) is 1. The summed E-state index contributed by atoms with van der Waals surface area (Å²) in [4.78, 5) is 12.7. The number of hydrazine groups is 1. The van der Waals surface area contributed by atoms with Gasteiger partial charge in [-0.2, -0.15) is 11.8 Å². The fourth-order valence-corrected chi connectivity index (χ4v) is 5.74. The second kappa shape index (κ2) is 10.6. The highest BCUT2D eigenvalue weighted by molar-refractivity contribution is 7.99. The fourth-order valence-electron chi connectivity index (χ4n) is 4.25. The van der Waals surface area contributed by atoms with E-state index in [4.69, 9.17) is 27.9 Å². The van der Waals surface area contributed by atoms with E-state index in [2.05, 4.69) is 10.5 Å². The number of hydrogen-bond acceptors (Lipinski definition) is 5. The molecule has 1 amide bonds. The zero-order valence-electron chi connectivity index (χ0n) is 18.8. The summed E-state index contributed by atoms with van der Waals surface area (Å²) in [6, 6.07) is 11.5. The van der Waals surface area contributed by atoms with Gasteiger partial charge in [0.1, 0.15) is 5.82 Å². The van der Waals surface area contributed by atoms with Crippen LogP contribution < -0.4 is 10.2 Å². The molecule has 3 aromatic rings. The number of carbonyl (C=O) groups is 1. The van der Waals surface area contributed by atoms with Crippen molar-refractivity contribution in [3.05, 3.63) is 75.1 Å². The maximum Gasteiger partial charge on any atom is 0.428 e. The zero-order chi connectivity index (χ0) is 24.4. The zero-order valence-corrected chi connectivity index (χ0v) is 21.1. The number of benzene rings is 2. The van der Waals surface area contributed by atoms with E-state index >= 15 is 0 Å². The standard InChI is InChI=1S/C25H23Cl2FN4O2S/c26-18-6-9-22(21(27)13-18)32-23-17(12-16-4-7-19(28)8-5-16)14-35-15-20(23)24(29-32)34-25(33)30-31-10-2-1-3-11-31/h4-9,12-13H,1-3,10-11,14-15H2,(H,30,33)/b17-12+. The van der Waals surface area contributed by atoms with Crippen molar-refractivity contribution in [3.63, 3.8) is 0 Å². The number of amides is 1. The van der Waals surface area contributed by atoms with Crippen LogP contribution in [0, 0.1) is 5.82 Å². The lowest BCUT2D eigenvalue weighted by Crippen LogP contribution is -2.46. The number of aromatic nitrogens is 2. The Morgan fingerprint density at radius 2 is 1.86 bits per heavy atom. The van der Waals surface area contributed by atoms with Crippen LogP contribution in [0.1, 0.15) is 36.1 Å².